The van der Waals surface area contributed by atoms with Crippen LogP contribution in [0.25, 0.3) is 0 Å². The van der Waals surface area contributed by atoms with Crippen molar-refractivity contribution in [3.05, 3.63) is 52.0 Å². The molecule has 0 fully saturated rings. The molecule has 0 saturated heterocycles. The maximum Gasteiger partial charge on any atom is 0.0926 e. The van der Waals surface area contributed by atoms with Crippen molar-refractivity contribution < 1.29 is 0 Å². The Morgan fingerprint density at radius 2 is 2.06 bits per heavy atom. The summed E-state index contributed by atoms with van der Waals surface area (Å²) in [4.78, 5) is 7.62. The average Bonchev–Trinajstić information content (AvgIpc) is 2.78. The van der Waals surface area contributed by atoms with Crippen LogP contribution >= 0.6 is 15.9 Å². The van der Waals surface area contributed by atoms with Gasteiger partial charge >= 0.3 is 0 Å². The van der Waals surface area contributed by atoms with Gasteiger partial charge in [-0.25, -0.2) is 4.98 Å². The molecule has 2 N–H and O–H groups in total. The molecule has 0 aliphatic carbocycles. The quantitative estimate of drug-likeness (QED) is 0.841. The van der Waals surface area contributed by atoms with E-state index in [-0.39, 0.29) is 6.04 Å². The van der Waals surface area contributed by atoms with Gasteiger partial charge in [-0.2, -0.15) is 0 Å². The van der Waals surface area contributed by atoms with Crippen LogP contribution in [0.2, 0.25) is 0 Å². The van der Waals surface area contributed by atoms with Gasteiger partial charge in [0.05, 0.1) is 18.1 Å². The SMILES string of the molecule is Brc1ccc([C@H]2NCCc3[nH]cnc32)cc1. The molecule has 1 aliphatic rings. The number of aromatic nitrogens is 2. The van der Waals surface area contributed by atoms with Gasteiger partial charge in [-0.15, -0.1) is 0 Å². The minimum absolute atomic E-state index is 0.225. The highest BCUT2D eigenvalue weighted by Gasteiger charge is 2.23. The Hall–Kier alpha value is -1.13. The third kappa shape index (κ3) is 1.68. The number of rotatable bonds is 1. The molecule has 2 aromatic rings. The zero-order valence-electron chi connectivity index (χ0n) is 8.70. The molecular weight excluding hydrogens is 266 g/mol. The lowest BCUT2D eigenvalue weighted by molar-refractivity contribution is 0.553. The molecule has 3 rings (SSSR count). The maximum absolute atomic E-state index is 4.41. The minimum Gasteiger partial charge on any atom is -0.348 e. The van der Waals surface area contributed by atoms with E-state index in [4.69, 9.17) is 0 Å². The molecule has 1 aromatic heterocycles. The fraction of sp³-hybridized carbons (Fsp3) is 0.250. The number of H-pyrrole nitrogens is 1. The van der Waals surface area contributed by atoms with Gasteiger partial charge in [-0.05, 0) is 17.7 Å². The molecule has 0 radical (unpaired) electrons. The number of nitrogens with zero attached hydrogens (tertiary/aromatic N) is 1. The summed E-state index contributed by atoms with van der Waals surface area (Å²) in [6.07, 6.45) is 2.81. The van der Waals surface area contributed by atoms with Gasteiger partial charge in [0.1, 0.15) is 0 Å². The van der Waals surface area contributed by atoms with Crippen LogP contribution in [0, 0.1) is 0 Å². The smallest absolute Gasteiger partial charge is 0.0926 e. The third-order valence-corrected chi connectivity index (χ3v) is 3.48. The van der Waals surface area contributed by atoms with E-state index >= 15 is 0 Å². The number of aromatic amines is 1. The second-order valence-corrected chi connectivity index (χ2v) is 4.87. The molecule has 0 spiro atoms. The van der Waals surface area contributed by atoms with Crippen LogP contribution in [0.1, 0.15) is 23.0 Å². The third-order valence-electron chi connectivity index (χ3n) is 2.95. The first-order valence-electron chi connectivity index (χ1n) is 5.35. The van der Waals surface area contributed by atoms with Crippen molar-refractivity contribution in [1.29, 1.82) is 0 Å². The number of benzene rings is 1. The Balaban J connectivity index is 2.00. The Morgan fingerprint density at radius 1 is 1.25 bits per heavy atom. The molecule has 0 saturated carbocycles. The van der Waals surface area contributed by atoms with Crippen LogP contribution in [0.4, 0.5) is 0 Å². The van der Waals surface area contributed by atoms with Crippen LogP contribution in [0.3, 0.4) is 0 Å². The molecule has 0 unspecified atom stereocenters. The van der Waals surface area contributed by atoms with Crippen LogP contribution in [0.5, 0.6) is 0 Å². The molecular formula is C12H12BrN3. The van der Waals surface area contributed by atoms with Crippen molar-refractivity contribution in [2.24, 2.45) is 0 Å². The summed E-state index contributed by atoms with van der Waals surface area (Å²) >= 11 is 3.45. The Labute approximate surface area is 102 Å². The number of fused-ring (bicyclic) bond motifs is 1. The van der Waals surface area contributed by atoms with Crippen LogP contribution in [0.15, 0.2) is 35.1 Å². The molecule has 2 heterocycles. The van der Waals surface area contributed by atoms with Crippen molar-refractivity contribution >= 4 is 15.9 Å². The topological polar surface area (TPSA) is 40.7 Å². The highest BCUT2D eigenvalue weighted by Crippen LogP contribution is 2.26. The fourth-order valence-electron chi connectivity index (χ4n) is 2.15. The van der Waals surface area contributed by atoms with E-state index in [1.54, 1.807) is 6.33 Å². The standard InChI is InChI=1S/C12H12BrN3/c13-9-3-1-8(2-4-9)11-12-10(5-6-14-11)15-7-16-12/h1-4,7,11,14H,5-6H2,(H,15,16)/t11-/m1/s1. The number of halogens is 1. The number of hydrogen-bond acceptors (Lipinski definition) is 2. The fourth-order valence-corrected chi connectivity index (χ4v) is 2.41. The minimum atomic E-state index is 0.225. The molecule has 3 nitrogen and oxygen atoms in total. The van der Waals surface area contributed by atoms with Crippen LogP contribution < -0.4 is 5.32 Å². The van der Waals surface area contributed by atoms with E-state index in [9.17, 15) is 0 Å². The van der Waals surface area contributed by atoms with Crippen molar-refractivity contribution in [2.75, 3.05) is 6.54 Å². The summed E-state index contributed by atoms with van der Waals surface area (Å²) in [6, 6.07) is 8.62. The Bertz CT molecular complexity index is 489. The Kier molecular flexibility index (Phi) is 2.53. The molecule has 16 heavy (non-hydrogen) atoms. The maximum atomic E-state index is 4.41. The van der Waals surface area contributed by atoms with Crippen molar-refractivity contribution in [3.63, 3.8) is 0 Å². The zero-order valence-corrected chi connectivity index (χ0v) is 10.3. The van der Waals surface area contributed by atoms with Gasteiger partial charge in [0.25, 0.3) is 0 Å². The lowest BCUT2D eigenvalue weighted by Crippen LogP contribution is -2.30. The van der Waals surface area contributed by atoms with Crippen molar-refractivity contribution in [1.82, 2.24) is 15.3 Å². The molecule has 0 amide bonds. The lowest BCUT2D eigenvalue weighted by atomic mass is 9.98. The zero-order chi connectivity index (χ0) is 11.0. The first-order valence-corrected chi connectivity index (χ1v) is 6.15. The van der Waals surface area contributed by atoms with E-state index < -0.39 is 0 Å². The summed E-state index contributed by atoms with van der Waals surface area (Å²) in [5.74, 6) is 0. The molecule has 4 heteroatoms. The first-order chi connectivity index (χ1) is 7.84. The van der Waals surface area contributed by atoms with Gasteiger partial charge in [0.2, 0.25) is 0 Å². The summed E-state index contributed by atoms with van der Waals surface area (Å²) in [5, 5.41) is 3.50. The molecule has 1 aliphatic heterocycles. The second-order valence-electron chi connectivity index (χ2n) is 3.96. The van der Waals surface area contributed by atoms with Crippen LogP contribution in [-0.4, -0.2) is 16.5 Å². The van der Waals surface area contributed by atoms with Gasteiger partial charge in [-0.1, -0.05) is 28.1 Å². The van der Waals surface area contributed by atoms with E-state index in [1.807, 2.05) is 0 Å². The Morgan fingerprint density at radius 3 is 2.88 bits per heavy atom. The van der Waals surface area contributed by atoms with E-state index in [1.165, 1.54) is 11.3 Å². The summed E-state index contributed by atoms with van der Waals surface area (Å²) < 4.78 is 1.11. The van der Waals surface area contributed by atoms with Gasteiger partial charge < -0.3 is 10.3 Å². The van der Waals surface area contributed by atoms with E-state index in [0.717, 1.165) is 23.1 Å². The lowest BCUT2D eigenvalue weighted by Gasteiger charge is -2.23. The number of imidazole rings is 1. The van der Waals surface area contributed by atoms with Crippen LogP contribution in [-0.2, 0) is 6.42 Å². The van der Waals surface area contributed by atoms with Gasteiger partial charge in [0, 0.05) is 23.1 Å². The van der Waals surface area contributed by atoms with E-state index in [2.05, 4.69) is 55.5 Å². The molecule has 82 valence electrons. The first kappa shape index (κ1) is 10.1. The van der Waals surface area contributed by atoms with E-state index in [0.29, 0.717) is 0 Å². The largest absolute Gasteiger partial charge is 0.348 e. The number of hydrogen-bond donors (Lipinski definition) is 2. The predicted molar refractivity (Wildman–Crippen MR) is 66.3 cm³/mol. The molecule has 0 bridgehead atoms. The normalized spacial score (nSPS) is 19.4. The van der Waals surface area contributed by atoms with Crippen molar-refractivity contribution in [2.45, 2.75) is 12.5 Å². The summed E-state index contributed by atoms with van der Waals surface area (Å²) in [5.41, 5.74) is 3.65. The highest BCUT2D eigenvalue weighted by molar-refractivity contribution is 9.10. The summed E-state index contributed by atoms with van der Waals surface area (Å²) in [7, 11) is 0. The predicted octanol–water partition coefficient (Wildman–Crippen LogP) is 2.41. The monoisotopic (exact) mass is 277 g/mol. The van der Waals surface area contributed by atoms with Crippen molar-refractivity contribution in [3.8, 4) is 0 Å². The number of nitrogens with one attached hydrogen (secondary N) is 2. The molecule has 1 atom stereocenters. The second kappa shape index (κ2) is 4.03. The highest BCUT2D eigenvalue weighted by atomic mass is 79.9. The molecule has 1 aromatic carbocycles. The summed E-state index contributed by atoms with van der Waals surface area (Å²) in [6.45, 7) is 0.996. The van der Waals surface area contributed by atoms with Gasteiger partial charge in [-0.3, -0.25) is 0 Å². The van der Waals surface area contributed by atoms with Gasteiger partial charge in [0.15, 0.2) is 0 Å². The average molecular weight is 278 g/mol.